The van der Waals surface area contributed by atoms with Crippen LogP contribution in [0.15, 0.2) is 23.1 Å². The molecule has 2 atom stereocenters. The fourth-order valence-electron chi connectivity index (χ4n) is 3.25. The third-order valence-electron chi connectivity index (χ3n) is 4.60. The van der Waals surface area contributed by atoms with E-state index in [-0.39, 0.29) is 0 Å². The van der Waals surface area contributed by atoms with E-state index in [0.29, 0.717) is 16.7 Å². The Labute approximate surface area is 122 Å². The maximum atomic E-state index is 3.57. The third-order valence-corrected chi connectivity index (χ3v) is 5.94. The summed E-state index contributed by atoms with van der Waals surface area (Å²) in [5, 5.41) is 4.26. The molecule has 1 aliphatic rings. The summed E-state index contributed by atoms with van der Waals surface area (Å²) in [6.45, 7) is 9.20. The van der Waals surface area contributed by atoms with Crippen LogP contribution in [0.1, 0.15) is 44.2 Å². The number of thioether (sulfide) groups is 1. The molecule has 0 heterocycles. The molecule has 1 aromatic carbocycles. The first kappa shape index (κ1) is 14.9. The lowest BCUT2D eigenvalue weighted by atomic mass is 9.73. The van der Waals surface area contributed by atoms with Crippen LogP contribution in [0.2, 0.25) is 0 Å². The van der Waals surface area contributed by atoms with Crippen LogP contribution in [0.25, 0.3) is 0 Å². The van der Waals surface area contributed by atoms with Gasteiger partial charge in [-0.05, 0) is 62.4 Å². The Morgan fingerprint density at radius 3 is 2.58 bits per heavy atom. The van der Waals surface area contributed by atoms with Crippen molar-refractivity contribution < 1.29 is 0 Å². The highest BCUT2D eigenvalue weighted by Crippen LogP contribution is 2.42. The first-order valence-electron chi connectivity index (χ1n) is 7.35. The average Bonchev–Trinajstić information content (AvgIpc) is 2.33. The van der Waals surface area contributed by atoms with Crippen molar-refractivity contribution in [3.63, 3.8) is 0 Å². The van der Waals surface area contributed by atoms with E-state index >= 15 is 0 Å². The minimum absolute atomic E-state index is 0.407. The monoisotopic (exact) mass is 277 g/mol. The Bertz CT molecular complexity index is 439. The number of hydrogen-bond acceptors (Lipinski definition) is 2. The van der Waals surface area contributed by atoms with Gasteiger partial charge in [-0.1, -0.05) is 26.3 Å². The molecule has 0 bridgehead atoms. The maximum Gasteiger partial charge on any atom is 0.0253 e. The first-order valence-corrected chi connectivity index (χ1v) is 8.23. The molecule has 0 spiro atoms. The normalized spacial score (nSPS) is 26.4. The fraction of sp³-hybridized carbons (Fsp3) is 0.647. The van der Waals surface area contributed by atoms with Gasteiger partial charge < -0.3 is 5.32 Å². The number of rotatable bonds is 3. The molecule has 1 saturated carbocycles. The standard InChI is InChI=1S/C17H27NS/c1-12-8-9-14(11-13(12)2)19-15-7-6-10-17(3,4)16(15)18-5/h8-9,11,15-16,18H,6-7,10H2,1-5H3. The van der Waals surface area contributed by atoms with E-state index in [1.807, 2.05) is 0 Å². The molecule has 2 unspecified atom stereocenters. The molecular formula is C17H27NS. The van der Waals surface area contributed by atoms with E-state index in [4.69, 9.17) is 0 Å². The smallest absolute Gasteiger partial charge is 0.0253 e. The Kier molecular flexibility index (Phi) is 4.62. The van der Waals surface area contributed by atoms with Gasteiger partial charge in [0.15, 0.2) is 0 Å². The van der Waals surface area contributed by atoms with Crippen molar-refractivity contribution >= 4 is 11.8 Å². The Morgan fingerprint density at radius 2 is 1.95 bits per heavy atom. The SMILES string of the molecule is CNC1C(Sc2ccc(C)c(C)c2)CCCC1(C)C. The van der Waals surface area contributed by atoms with Gasteiger partial charge in [0.1, 0.15) is 0 Å². The van der Waals surface area contributed by atoms with Gasteiger partial charge in [-0.15, -0.1) is 11.8 Å². The topological polar surface area (TPSA) is 12.0 Å². The van der Waals surface area contributed by atoms with Gasteiger partial charge in [-0.3, -0.25) is 0 Å². The minimum atomic E-state index is 0.407. The Balaban J connectivity index is 2.14. The van der Waals surface area contributed by atoms with Gasteiger partial charge >= 0.3 is 0 Å². The van der Waals surface area contributed by atoms with Crippen molar-refractivity contribution in [3.8, 4) is 0 Å². The molecule has 0 aromatic heterocycles. The van der Waals surface area contributed by atoms with E-state index < -0.39 is 0 Å². The van der Waals surface area contributed by atoms with E-state index in [0.717, 1.165) is 0 Å². The second-order valence-corrected chi connectivity index (χ2v) is 7.86. The van der Waals surface area contributed by atoms with Gasteiger partial charge in [0.05, 0.1) is 0 Å². The van der Waals surface area contributed by atoms with E-state index in [9.17, 15) is 0 Å². The summed E-state index contributed by atoms with van der Waals surface area (Å²) in [7, 11) is 2.12. The number of aryl methyl sites for hydroxylation is 2. The van der Waals surface area contributed by atoms with Crippen LogP contribution >= 0.6 is 11.8 Å². The zero-order valence-corrected chi connectivity index (χ0v) is 13.7. The molecule has 1 fully saturated rings. The molecule has 1 N–H and O–H groups in total. The zero-order valence-electron chi connectivity index (χ0n) is 12.9. The van der Waals surface area contributed by atoms with Crippen LogP contribution in [0.5, 0.6) is 0 Å². The van der Waals surface area contributed by atoms with E-state index in [2.05, 4.69) is 70.0 Å². The van der Waals surface area contributed by atoms with E-state index in [1.54, 1.807) is 0 Å². The maximum absolute atomic E-state index is 3.57. The molecule has 2 heteroatoms. The Morgan fingerprint density at radius 1 is 1.21 bits per heavy atom. The van der Waals surface area contributed by atoms with Crippen LogP contribution in [-0.4, -0.2) is 18.3 Å². The third kappa shape index (κ3) is 3.35. The highest BCUT2D eigenvalue weighted by molar-refractivity contribution is 8.00. The van der Waals surface area contributed by atoms with Crippen LogP contribution in [-0.2, 0) is 0 Å². The molecular weight excluding hydrogens is 250 g/mol. The Hall–Kier alpha value is -0.470. The van der Waals surface area contributed by atoms with Gasteiger partial charge in [-0.2, -0.15) is 0 Å². The first-order chi connectivity index (χ1) is 8.94. The highest BCUT2D eigenvalue weighted by atomic mass is 32.2. The van der Waals surface area contributed by atoms with Gasteiger partial charge in [0.25, 0.3) is 0 Å². The summed E-state index contributed by atoms with van der Waals surface area (Å²) in [5.74, 6) is 0. The van der Waals surface area contributed by atoms with Crippen molar-refractivity contribution in [2.75, 3.05) is 7.05 Å². The second kappa shape index (κ2) is 5.88. The lowest BCUT2D eigenvalue weighted by Gasteiger charge is -2.43. The predicted molar refractivity (Wildman–Crippen MR) is 86.0 cm³/mol. The fourth-order valence-corrected chi connectivity index (χ4v) is 4.92. The molecule has 0 saturated heterocycles. The van der Waals surface area contributed by atoms with Crippen molar-refractivity contribution in [1.29, 1.82) is 0 Å². The summed E-state index contributed by atoms with van der Waals surface area (Å²) in [6, 6.07) is 7.48. The van der Waals surface area contributed by atoms with Crippen molar-refractivity contribution in [2.45, 2.75) is 63.1 Å². The molecule has 0 amide bonds. The van der Waals surface area contributed by atoms with Crippen molar-refractivity contribution in [1.82, 2.24) is 5.32 Å². The molecule has 0 radical (unpaired) electrons. The summed E-state index contributed by atoms with van der Waals surface area (Å²) in [4.78, 5) is 1.42. The summed E-state index contributed by atoms with van der Waals surface area (Å²) in [5.41, 5.74) is 3.20. The van der Waals surface area contributed by atoms with Gasteiger partial charge in [-0.25, -0.2) is 0 Å². The van der Waals surface area contributed by atoms with Gasteiger partial charge in [0.2, 0.25) is 0 Å². The minimum Gasteiger partial charge on any atom is -0.315 e. The largest absolute Gasteiger partial charge is 0.315 e. The number of nitrogens with one attached hydrogen (secondary N) is 1. The quantitative estimate of drug-likeness (QED) is 0.869. The summed E-state index contributed by atoms with van der Waals surface area (Å²) >= 11 is 2.06. The molecule has 1 nitrogen and oxygen atoms in total. The van der Waals surface area contributed by atoms with Crippen molar-refractivity contribution in [3.05, 3.63) is 29.3 Å². The highest BCUT2D eigenvalue weighted by Gasteiger charge is 2.38. The summed E-state index contributed by atoms with van der Waals surface area (Å²) < 4.78 is 0. The predicted octanol–water partition coefficient (Wildman–Crippen LogP) is 4.56. The molecule has 19 heavy (non-hydrogen) atoms. The van der Waals surface area contributed by atoms with Gasteiger partial charge in [0, 0.05) is 16.2 Å². The van der Waals surface area contributed by atoms with E-state index in [1.165, 1.54) is 35.3 Å². The van der Waals surface area contributed by atoms with Crippen molar-refractivity contribution in [2.24, 2.45) is 5.41 Å². The second-order valence-electron chi connectivity index (χ2n) is 6.55. The molecule has 1 aliphatic carbocycles. The molecule has 106 valence electrons. The van der Waals surface area contributed by atoms with Crippen LogP contribution in [0.4, 0.5) is 0 Å². The average molecular weight is 277 g/mol. The molecule has 0 aliphatic heterocycles. The van der Waals surface area contributed by atoms with Crippen LogP contribution in [0, 0.1) is 19.3 Å². The number of hydrogen-bond donors (Lipinski definition) is 1. The number of benzene rings is 1. The lowest BCUT2D eigenvalue weighted by Crippen LogP contribution is -2.49. The zero-order chi connectivity index (χ0) is 14.0. The van der Waals surface area contributed by atoms with Crippen LogP contribution < -0.4 is 5.32 Å². The molecule has 2 rings (SSSR count). The van der Waals surface area contributed by atoms with Crippen LogP contribution in [0.3, 0.4) is 0 Å². The summed E-state index contributed by atoms with van der Waals surface area (Å²) in [6.07, 6.45) is 4.02. The molecule has 1 aromatic rings. The lowest BCUT2D eigenvalue weighted by molar-refractivity contribution is 0.182.